The van der Waals surface area contributed by atoms with Crippen molar-refractivity contribution in [2.75, 3.05) is 19.6 Å². The van der Waals surface area contributed by atoms with E-state index in [-0.39, 0.29) is 5.91 Å². The summed E-state index contributed by atoms with van der Waals surface area (Å²) >= 11 is 4.91. The quantitative estimate of drug-likeness (QED) is 0.911. The zero-order chi connectivity index (χ0) is 12.4. The van der Waals surface area contributed by atoms with Gasteiger partial charge in [-0.3, -0.25) is 4.79 Å². The molecule has 0 bridgehead atoms. The van der Waals surface area contributed by atoms with Crippen molar-refractivity contribution in [2.24, 2.45) is 17.6 Å². The van der Waals surface area contributed by atoms with Crippen LogP contribution in [0.5, 0.6) is 0 Å². The Morgan fingerprint density at radius 2 is 2.47 bits per heavy atom. The number of piperidine rings is 1. The molecule has 2 unspecified atom stereocenters. The van der Waals surface area contributed by atoms with Gasteiger partial charge in [-0.2, -0.15) is 0 Å². The molecule has 1 saturated heterocycles. The summed E-state index contributed by atoms with van der Waals surface area (Å²) in [6.07, 6.45) is 1.05. The molecule has 3 nitrogen and oxygen atoms in total. The zero-order valence-corrected chi connectivity index (χ0v) is 12.3. The first-order valence-electron chi connectivity index (χ1n) is 5.85. The van der Waals surface area contributed by atoms with Crippen molar-refractivity contribution >= 4 is 33.2 Å². The van der Waals surface area contributed by atoms with Crippen LogP contribution in [-0.4, -0.2) is 30.4 Å². The topological polar surface area (TPSA) is 46.3 Å². The first-order chi connectivity index (χ1) is 8.13. The Bertz CT molecular complexity index is 407. The first kappa shape index (κ1) is 13.1. The summed E-state index contributed by atoms with van der Waals surface area (Å²) in [5.41, 5.74) is 5.76. The summed E-state index contributed by atoms with van der Waals surface area (Å²) in [6, 6.07) is 1.92. The summed E-state index contributed by atoms with van der Waals surface area (Å²) in [5.74, 6) is 1.19. The maximum absolute atomic E-state index is 12.3. The molecule has 2 N–H and O–H groups in total. The van der Waals surface area contributed by atoms with Gasteiger partial charge in [0.25, 0.3) is 5.91 Å². The predicted molar refractivity (Wildman–Crippen MR) is 74.2 cm³/mol. The molecule has 0 saturated carbocycles. The minimum atomic E-state index is 0.136. The van der Waals surface area contributed by atoms with Crippen molar-refractivity contribution in [3.05, 3.63) is 20.8 Å². The number of carbonyl (C=O) groups is 1. The van der Waals surface area contributed by atoms with Crippen LogP contribution in [0.1, 0.15) is 23.0 Å². The Labute approximate surface area is 114 Å². The Morgan fingerprint density at radius 1 is 1.71 bits per heavy atom. The van der Waals surface area contributed by atoms with E-state index in [0.29, 0.717) is 18.4 Å². The number of carbonyl (C=O) groups excluding carboxylic acids is 1. The standard InChI is InChI=1S/C12H17BrN2OS/c1-8-2-4-15(7-9(8)6-14)12(16)11-10(13)3-5-17-11/h3,5,8-9H,2,4,6-7,14H2,1H3. The summed E-state index contributed by atoms with van der Waals surface area (Å²) in [7, 11) is 0. The van der Waals surface area contributed by atoms with Crippen molar-refractivity contribution in [2.45, 2.75) is 13.3 Å². The number of halogens is 1. The molecule has 1 fully saturated rings. The number of nitrogens with two attached hydrogens (primary N) is 1. The summed E-state index contributed by atoms with van der Waals surface area (Å²) in [6.45, 7) is 4.53. The van der Waals surface area contributed by atoms with Crippen LogP contribution >= 0.6 is 27.3 Å². The fourth-order valence-corrected chi connectivity index (χ4v) is 3.74. The number of hydrogen-bond acceptors (Lipinski definition) is 3. The van der Waals surface area contributed by atoms with E-state index in [2.05, 4.69) is 22.9 Å². The minimum absolute atomic E-state index is 0.136. The highest BCUT2D eigenvalue weighted by Gasteiger charge is 2.29. The molecule has 5 heteroatoms. The van der Waals surface area contributed by atoms with Crippen LogP contribution in [0.2, 0.25) is 0 Å². The normalized spacial score (nSPS) is 25.0. The van der Waals surface area contributed by atoms with Crippen molar-refractivity contribution < 1.29 is 4.79 Å². The molecular formula is C12H17BrN2OS. The van der Waals surface area contributed by atoms with Crippen molar-refractivity contribution in [3.63, 3.8) is 0 Å². The molecule has 0 aliphatic carbocycles. The van der Waals surface area contributed by atoms with Gasteiger partial charge in [0.2, 0.25) is 0 Å². The number of hydrogen-bond donors (Lipinski definition) is 1. The molecule has 1 aliphatic rings. The Balaban J connectivity index is 2.09. The monoisotopic (exact) mass is 316 g/mol. The first-order valence-corrected chi connectivity index (χ1v) is 7.53. The smallest absolute Gasteiger partial charge is 0.265 e. The highest BCUT2D eigenvalue weighted by atomic mass is 79.9. The lowest BCUT2D eigenvalue weighted by molar-refractivity contribution is 0.0622. The van der Waals surface area contributed by atoms with Gasteiger partial charge in [-0.25, -0.2) is 0 Å². The van der Waals surface area contributed by atoms with Crippen molar-refractivity contribution in [3.8, 4) is 0 Å². The minimum Gasteiger partial charge on any atom is -0.338 e. The summed E-state index contributed by atoms with van der Waals surface area (Å²) in [4.78, 5) is 15.1. The van der Waals surface area contributed by atoms with Gasteiger partial charge in [-0.1, -0.05) is 6.92 Å². The molecule has 2 rings (SSSR count). The summed E-state index contributed by atoms with van der Waals surface area (Å²) < 4.78 is 0.899. The SMILES string of the molecule is CC1CCN(C(=O)c2sccc2Br)CC1CN. The second kappa shape index (κ2) is 5.50. The Hall–Kier alpha value is -0.390. The third-order valence-electron chi connectivity index (χ3n) is 3.52. The van der Waals surface area contributed by atoms with E-state index in [1.807, 2.05) is 16.3 Å². The van der Waals surface area contributed by atoms with Crippen LogP contribution in [-0.2, 0) is 0 Å². The average Bonchev–Trinajstić information content (AvgIpc) is 2.75. The third kappa shape index (κ3) is 2.72. The third-order valence-corrected chi connectivity index (χ3v) is 5.34. The lowest BCUT2D eigenvalue weighted by atomic mass is 9.87. The zero-order valence-electron chi connectivity index (χ0n) is 9.86. The lowest BCUT2D eigenvalue weighted by Crippen LogP contribution is -2.45. The second-order valence-corrected chi connectivity index (χ2v) is 6.38. The predicted octanol–water partition coefficient (Wildman–Crippen LogP) is 2.57. The van der Waals surface area contributed by atoms with Gasteiger partial charge in [-0.15, -0.1) is 11.3 Å². The lowest BCUT2D eigenvalue weighted by Gasteiger charge is -2.36. The molecule has 2 atom stereocenters. The van der Waals surface area contributed by atoms with Crippen molar-refractivity contribution in [1.82, 2.24) is 4.90 Å². The number of thiophene rings is 1. The summed E-state index contributed by atoms with van der Waals surface area (Å²) in [5, 5.41) is 1.93. The van der Waals surface area contributed by atoms with Gasteiger partial charge >= 0.3 is 0 Å². The molecule has 2 heterocycles. The second-order valence-electron chi connectivity index (χ2n) is 4.61. The number of nitrogens with zero attached hydrogens (tertiary/aromatic N) is 1. The van der Waals surface area contributed by atoms with E-state index in [1.165, 1.54) is 11.3 Å². The Kier molecular flexibility index (Phi) is 4.22. The molecule has 0 spiro atoms. The fraction of sp³-hybridized carbons (Fsp3) is 0.583. The number of rotatable bonds is 2. The van der Waals surface area contributed by atoms with Gasteiger partial charge in [-0.05, 0) is 52.2 Å². The maximum atomic E-state index is 12.3. The van der Waals surface area contributed by atoms with E-state index in [0.717, 1.165) is 28.9 Å². The molecule has 0 radical (unpaired) electrons. The molecule has 17 heavy (non-hydrogen) atoms. The van der Waals surface area contributed by atoms with E-state index >= 15 is 0 Å². The number of amides is 1. The van der Waals surface area contributed by atoms with Crippen LogP contribution in [0.25, 0.3) is 0 Å². The average molecular weight is 317 g/mol. The van der Waals surface area contributed by atoms with Crippen LogP contribution in [0.3, 0.4) is 0 Å². The fourth-order valence-electron chi connectivity index (χ4n) is 2.23. The van der Waals surface area contributed by atoms with Gasteiger partial charge in [0.15, 0.2) is 0 Å². The van der Waals surface area contributed by atoms with Gasteiger partial charge in [0, 0.05) is 17.6 Å². The molecule has 0 aromatic carbocycles. The molecule has 1 aromatic rings. The van der Waals surface area contributed by atoms with E-state index in [9.17, 15) is 4.79 Å². The molecule has 1 aromatic heterocycles. The van der Waals surface area contributed by atoms with Crippen LogP contribution in [0, 0.1) is 11.8 Å². The van der Waals surface area contributed by atoms with Crippen LogP contribution < -0.4 is 5.73 Å². The van der Waals surface area contributed by atoms with E-state index in [4.69, 9.17) is 5.73 Å². The highest BCUT2D eigenvalue weighted by molar-refractivity contribution is 9.10. The highest BCUT2D eigenvalue weighted by Crippen LogP contribution is 2.28. The van der Waals surface area contributed by atoms with Crippen LogP contribution in [0.15, 0.2) is 15.9 Å². The van der Waals surface area contributed by atoms with Crippen molar-refractivity contribution in [1.29, 1.82) is 0 Å². The van der Waals surface area contributed by atoms with E-state index in [1.54, 1.807) is 0 Å². The molecule has 94 valence electrons. The van der Waals surface area contributed by atoms with Crippen LogP contribution in [0.4, 0.5) is 0 Å². The molecular weight excluding hydrogens is 300 g/mol. The van der Waals surface area contributed by atoms with Gasteiger partial charge < -0.3 is 10.6 Å². The van der Waals surface area contributed by atoms with Gasteiger partial charge in [0.1, 0.15) is 4.88 Å². The maximum Gasteiger partial charge on any atom is 0.265 e. The van der Waals surface area contributed by atoms with E-state index < -0.39 is 0 Å². The largest absolute Gasteiger partial charge is 0.338 e. The number of likely N-dealkylation sites (tertiary alicyclic amines) is 1. The molecule has 1 aliphatic heterocycles. The van der Waals surface area contributed by atoms with Gasteiger partial charge in [0.05, 0.1) is 0 Å². The molecule has 1 amide bonds. The Morgan fingerprint density at radius 3 is 3.06 bits per heavy atom.